The fourth-order valence-corrected chi connectivity index (χ4v) is 3.35. The molecule has 0 aliphatic carbocycles. The first-order valence-corrected chi connectivity index (χ1v) is 9.15. The quantitative estimate of drug-likeness (QED) is 0.359. The molecule has 0 aromatic carbocycles. The molecule has 2 rings (SSSR count). The molecule has 1 aliphatic rings. The maximum absolute atomic E-state index is 2.48. The Morgan fingerprint density at radius 1 is 1.22 bits per heavy atom. The third kappa shape index (κ3) is 7.17. The molecule has 23 heavy (non-hydrogen) atoms. The van der Waals surface area contributed by atoms with E-state index < -0.39 is 0 Å². The van der Waals surface area contributed by atoms with Crippen molar-refractivity contribution < 1.29 is 21.5 Å². The molecule has 130 valence electrons. The third-order valence-corrected chi connectivity index (χ3v) is 4.71. The van der Waals surface area contributed by atoms with E-state index >= 15 is 0 Å². The molecule has 1 atom stereocenters. The molecule has 1 saturated heterocycles. The Morgan fingerprint density at radius 3 is 2.70 bits per heavy atom. The van der Waals surface area contributed by atoms with Crippen LogP contribution in [0.3, 0.4) is 0 Å². The number of nitrogens with zero attached hydrogens (tertiary/aromatic N) is 2. The zero-order chi connectivity index (χ0) is 15.6. The van der Waals surface area contributed by atoms with Gasteiger partial charge >= 0.3 is 0 Å². The topological polar surface area (TPSA) is 7.12 Å². The van der Waals surface area contributed by atoms with Gasteiger partial charge in [-0.15, -0.1) is 0 Å². The molecule has 1 aromatic heterocycles. The van der Waals surface area contributed by atoms with Gasteiger partial charge in [-0.3, -0.25) is 4.90 Å². The maximum atomic E-state index is 2.48. The monoisotopic (exact) mass is 380 g/mol. The minimum Gasteiger partial charge on any atom is -1.00 e. The molecule has 0 amide bonds. The maximum Gasteiger partial charge on any atom is 0.173 e. The summed E-state index contributed by atoms with van der Waals surface area (Å²) in [5.41, 5.74) is 1.48. The summed E-state index contributed by atoms with van der Waals surface area (Å²) >= 11 is 0. The van der Waals surface area contributed by atoms with E-state index in [2.05, 4.69) is 60.1 Å². The normalized spacial score (nSPS) is 18.4. The predicted molar refractivity (Wildman–Crippen MR) is 93.8 cm³/mol. The van der Waals surface area contributed by atoms with E-state index in [-0.39, 0.29) is 17.0 Å². The highest BCUT2D eigenvalue weighted by molar-refractivity contribution is 5.12. The summed E-state index contributed by atoms with van der Waals surface area (Å²) < 4.78 is 2.37. The summed E-state index contributed by atoms with van der Waals surface area (Å²) in [6, 6.07) is 5.13. The number of unbranched alkanes of at least 4 members (excludes halogenated alkanes) is 4. The first kappa shape index (κ1) is 20.4. The van der Waals surface area contributed by atoms with Crippen LogP contribution in [0.25, 0.3) is 0 Å². The largest absolute Gasteiger partial charge is 1.00 e. The van der Waals surface area contributed by atoms with E-state index in [0.717, 1.165) is 6.54 Å². The Hall–Kier alpha value is -0.670. The summed E-state index contributed by atoms with van der Waals surface area (Å²) in [5, 5.41) is 0. The van der Waals surface area contributed by atoms with Crippen LogP contribution < -0.4 is 21.5 Å². The van der Waals surface area contributed by atoms with Crippen LogP contribution in [-0.4, -0.2) is 18.5 Å². The second-order valence-corrected chi connectivity index (χ2v) is 6.62. The van der Waals surface area contributed by atoms with Gasteiger partial charge in [0, 0.05) is 24.1 Å². The van der Waals surface area contributed by atoms with Crippen molar-refractivity contribution in [3.63, 3.8) is 0 Å². The van der Waals surface area contributed by atoms with Crippen LogP contribution in [0.2, 0.25) is 0 Å². The summed E-state index contributed by atoms with van der Waals surface area (Å²) in [7, 11) is 2.25. The number of hydrogen-bond donors (Lipinski definition) is 0. The van der Waals surface area contributed by atoms with Crippen molar-refractivity contribution in [3.8, 4) is 0 Å². The van der Waals surface area contributed by atoms with Gasteiger partial charge in [0.25, 0.3) is 0 Å². The van der Waals surface area contributed by atoms with E-state index in [1.165, 1.54) is 63.5 Å². The summed E-state index contributed by atoms with van der Waals surface area (Å²) in [4.78, 5) is 2.48. The molecule has 2 nitrogen and oxygen atoms in total. The lowest BCUT2D eigenvalue weighted by Gasteiger charge is -2.18. The first-order valence-electron chi connectivity index (χ1n) is 9.15. The highest BCUT2D eigenvalue weighted by Crippen LogP contribution is 2.29. The van der Waals surface area contributed by atoms with Crippen molar-refractivity contribution >= 4 is 0 Å². The van der Waals surface area contributed by atoms with Crippen LogP contribution in [-0.2, 0) is 6.54 Å². The van der Waals surface area contributed by atoms with Gasteiger partial charge in [-0.25, -0.2) is 4.57 Å². The Morgan fingerprint density at radius 2 is 2.00 bits per heavy atom. The van der Waals surface area contributed by atoms with Gasteiger partial charge in [-0.1, -0.05) is 31.9 Å². The molecule has 1 fully saturated rings. The van der Waals surface area contributed by atoms with Gasteiger partial charge < -0.3 is 17.0 Å². The molecule has 0 N–H and O–H groups in total. The highest BCUT2D eigenvalue weighted by Gasteiger charge is 2.24. The fourth-order valence-electron chi connectivity index (χ4n) is 3.35. The SMILES string of the molecule is CCCCC/C=C/CCC[n+]1cccc([C@@H]2CCCN2C)c1.[Br-]. The molecule has 1 aliphatic heterocycles. The lowest BCUT2D eigenvalue weighted by Crippen LogP contribution is -3.00. The van der Waals surface area contributed by atoms with Crippen LogP contribution in [0.15, 0.2) is 36.7 Å². The number of likely N-dealkylation sites (tertiary alicyclic amines) is 1. The third-order valence-electron chi connectivity index (χ3n) is 4.71. The number of rotatable bonds is 9. The standard InChI is InChI=1S/C20H33N2.BrH/c1-3-4-5-6-7-8-9-10-16-22-17-11-13-19(18-22)20-14-12-15-21(20)2;/h7-8,11,13,17-18,20H,3-6,9-10,12,14-16H2,1-2H3;1H/q+1;/p-1/b8-7+;/t20-;/m0./s1. The highest BCUT2D eigenvalue weighted by atomic mass is 79.9. The lowest BCUT2D eigenvalue weighted by atomic mass is 10.1. The summed E-state index contributed by atoms with van der Waals surface area (Å²) in [6.07, 6.45) is 19.7. The Bertz CT molecular complexity index is 459. The molecular weight excluding hydrogens is 348 g/mol. The van der Waals surface area contributed by atoms with Gasteiger partial charge in [-0.2, -0.15) is 0 Å². The van der Waals surface area contributed by atoms with Crippen molar-refractivity contribution in [1.82, 2.24) is 4.90 Å². The number of pyridine rings is 1. The van der Waals surface area contributed by atoms with Crippen LogP contribution >= 0.6 is 0 Å². The molecule has 0 spiro atoms. The zero-order valence-electron chi connectivity index (χ0n) is 14.9. The zero-order valence-corrected chi connectivity index (χ0v) is 16.5. The number of halogens is 1. The van der Waals surface area contributed by atoms with Crippen LogP contribution in [0.5, 0.6) is 0 Å². The molecule has 0 unspecified atom stereocenters. The predicted octanol–water partition coefficient (Wildman–Crippen LogP) is 1.66. The lowest BCUT2D eigenvalue weighted by molar-refractivity contribution is -0.697. The van der Waals surface area contributed by atoms with Crippen molar-refractivity contribution in [2.75, 3.05) is 13.6 Å². The average molecular weight is 381 g/mol. The minimum absolute atomic E-state index is 0. The van der Waals surface area contributed by atoms with E-state index in [1.54, 1.807) is 0 Å². The molecule has 0 bridgehead atoms. The number of aryl methyl sites for hydroxylation is 1. The number of aromatic nitrogens is 1. The van der Waals surface area contributed by atoms with Gasteiger partial charge in [-0.05, 0) is 51.8 Å². The first-order chi connectivity index (χ1) is 10.8. The van der Waals surface area contributed by atoms with Crippen molar-refractivity contribution in [2.45, 2.75) is 70.9 Å². The van der Waals surface area contributed by atoms with Crippen LogP contribution in [0.1, 0.15) is 69.9 Å². The molecule has 2 heterocycles. The summed E-state index contributed by atoms with van der Waals surface area (Å²) in [5.74, 6) is 0. The van der Waals surface area contributed by atoms with Crippen molar-refractivity contribution in [2.24, 2.45) is 0 Å². The fraction of sp³-hybridized carbons (Fsp3) is 0.650. The minimum atomic E-state index is 0. The Labute approximate surface area is 153 Å². The van der Waals surface area contributed by atoms with Gasteiger partial charge in [0.2, 0.25) is 0 Å². The van der Waals surface area contributed by atoms with Crippen molar-refractivity contribution in [1.29, 1.82) is 0 Å². The molecule has 0 radical (unpaired) electrons. The molecule has 0 saturated carbocycles. The summed E-state index contributed by atoms with van der Waals surface area (Å²) in [6.45, 7) is 4.63. The van der Waals surface area contributed by atoms with Gasteiger partial charge in [0.15, 0.2) is 12.4 Å². The van der Waals surface area contributed by atoms with Gasteiger partial charge in [0.1, 0.15) is 6.54 Å². The molecule has 1 aromatic rings. The van der Waals surface area contributed by atoms with E-state index in [0.29, 0.717) is 6.04 Å². The number of allylic oxidation sites excluding steroid dienone is 2. The second kappa shape index (κ2) is 11.8. The van der Waals surface area contributed by atoms with Gasteiger partial charge in [0.05, 0.1) is 0 Å². The average Bonchev–Trinajstić information content (AvgIpc) is 2.96. The second-order valence-electron chi connectivity index (χ2n) is 6.62. The molecule has 3 heteroatoms. The van der Waals surface area contributed by atoms with Crippen LogP contribution in [0, 0.1) is 0 Å². The van der Waals surface area contributed by atoms with E-state index in [9.17, 15) is 0 Å². The Kier molecular flexibility index (Phi) is 10.5. The molecular formula is C20H33BrN2. The van der Waals surface area contributed by atoms with Crippen LogP contribution in [0.4, 0.5) is 0 Å². The Balaban J connectivity index is 0.00000264. The number of hydrogen-bond acceptors (Lipinski definition) is 1. The van der Waals surface area contributed by atoms with E-state index in [1.807, 2.05) is 0 Å². The smallest absolute Gasteiger partial charge is 0.173 e. The van der Waals surface area contributed by atoms with Crippen molar-refractivity contribution in [3.05, 3.63) is 42.2 Å². The van der Waals surface area contributed by atoms with E-state index in [4.69, 9.17) is 0 Å².